The molecule has 0 fully saturated rings. The van der Waals surface area contributed by atoms with E-state index in [4.69, 9.17) is 10.3 Å². The van der Waals surface area contributed by atoms with Gasteiger partial charge in [0.05, 0.1) is 12.1 Å². The van der Waals surface area contributed by atoms with E-state index >= 15 is 0 Å². The summed E-state index contributed by atoms with van der Waals surface area (Å²) in [5.74, 6) is 0. The number of unbranched alkanes of at least 4 members (excludes halogenated alkanes) is 5. The second kappa shape index (κ2) is 13.7. The van der Waals surface area contributed by atoms with Crippen molar-refractivity contribution in [3.8, 4) is 11.1 Å². The minimum Gasteiger partial charge on any atom is -0.394 e. The van der Waals surface area contributed by atoms with Crippen LogP contribution in [0.4, 0.5) is 0 Å². The van der Waals surface area contributed by atoms with Crippen molar-refractivity contribution in [1.82, 2.24) is 0 Å². The molecule has 2 unspecified atom stereocenters. The van der Waals surface area contributed by atoms with E-state index in [1.807, 2.05) is 0 Å². The normalized spacial score (nSPS) is 13.4. The molecule has 0 spiro atoms. The third-order valence-corrected chi connectivity index (χ3v) is 5.97. The average molecular weight is 431 g/mol. The number of aliphatic hydroxyl groups excluding tert-OH is 1. The highest BCUT2D eigenvalue weighted by Gasteiger charge is 2.26. The van der Waals surface area contributed by atoms with E-state index in [1.165, 1.54) is 55.2 Å². The summed E-state index contributed by atoms with van der Waals surface area (Å²) in [5, 5.41) is 9.50. The van der Waals surface area contributed by atoms with E-state index in [9.17, 15) is 9.67 Å². The van der Waals surface area contributed by atoms with Crippen LogP contribution in [0.5, 0.6) is 0 Å². The third kappa shape index (κ3) is 8.65. The maximum Gasteiger partial charge on any atom is 0.494 e. The number of hydrogen-bond acceptors (Lipinski definition) is 4. The monoisotopic (exact) mass is 430 g/mol. The molecule has 2 aromatic rings. The Labute approximate surface area is 183 Å². The van der Waals surface area contributed by atoms with Crippen LogP contribution in [0.1, 0.15) is 63.0 Å². The zero-order valence-corrected chi connectivity index (χ0v) is 19.2. The lowest BCUT2D eigenvalue weighted by atomic mass is 9.93. The van der Waals surface area contributed by atoms with E-state index in [1.54, 1.807) is 0 Å². The van der Waals surface area contributed by atoms with Gasteiger partial charge in [-0.05, 0) is 52.5 Å². The molecule has 0 aliphatic heterocycles. The zero-order chi connectivity index (χ0) is 21.7. The van der Waals surface area contributed by atoms with E-state index in [0.29, 0.717) is 6.42 Å². The molecule has 0 aromatic heterocycles. The Morgan fingerprint density at radius 3 is 1.93 bits per heavy atom. The molecule has 0 aliphatic carbocycles. The first-order valence-corrected chi connectivity index (χ1v) is 12.0. The number of aliphatic hydroxyl groups is 1. The Bertz CT molecular complexity index is 733. The number of aryl methyl sites for hydroxylation is 2. The number of hydrogen-bond donors (Lipinski definition) is 2. The predicted octanol–water partition coefficient (Wildman–Crippen LogP) is 5.83. The minimum absolute atomic E-state index is 0.0919. The molecule has 0 amide bonds. The highest BCUT2D eigenvalue weighted by Crippen LogP contribution is 2.22. The topological polar surface area (TPSA) is 72.6 Å². The molecule has 2 aromatic carbocycles. The highest BCUT2D eigenvalue weighted by atomic mass is 31.1. The smallest absolute Gasteiger partial charge is 0.394 e. The van der Waals surface area contributed by atoms with Crippen LogP contribution in [0.25, 0.3) is 11.1 Å². The summed E-state index contributed by atoms with van der Waals surface area (Å²) in [5.41, 5.74) is 10.3. The lowest BCUT2D eigenvalue weighted by molar-refractivity contribution is 0.133. The third-order valence-electron chi connectivity index (χ3n) is 5.71. The molecule has 0 aliphatic rings. The van der Waals surface area contributed by atoms with Gasteiger partial charge in [0.2, 0.25) is 0 Å². The van der Waals surface area contributed by atoms with Gasteiger partial charge in [-0.25, -0.2) is 0 Å². The van der Waals surface area contributed by atoms with E-state index in [0.717, 1.165) is 18.4 Å². The van der Waals surface area contributed by atoms with Crippen molar-refractivity contribution in [3.05, 3.63) is 59.7 Å². The lowest BCUT2D eigenvalue weighted by Crippen LogP contribution is -2.47. The number of benzene rings is 2. The van der Waals surface area contributed by atoms with Crippen molar-refractivity contribution in [3.63, 3.8) is 0 Å². The van der Waals surface area contributed by atoms with Gasteiger partial charge in [-0.1, -0.05) is 87.6 Å². The van der Waals surface area contributed by atoms with Crippen molar-refractivity contribution < 1.29 is 14.2 Å². The van der Waals surface area contributed by atoms with Crippen LogP contribution in [-0.4, -0.2) is 23.9 Å². The molecule has 30 heavy (non-hydrogen) atoms. The van der Waals surface area contributed by atoms with Crippen LogP contribution < -0.4 is 5.73 Å². The fraction of sp³-hybridized carbons (Fsp3) is 0.520. The second-order valence-corrected chi connectivity index (χ2v) is 8.76. The molecular weight excluding hydrogens is 393 g/mol. The molecule has 0 radical (unpaired) electrons. The molecule has 5 heteroatoms. The van der Waals surface area contributed by atoms with Crippen LogP contribution >= 0.6 is 8.69 Å². The molecule has 4 nitrogen and oxygen atoms in total. The van der Waals surface area contributed by atoms with Gasteiger partial charge in [-0.15, -0.1) is 4.52 Å². The number of rotatable bonds is 15. The summed E-state index contributed by atoms with van der Waals surface area (Å²) in [6, 6.07) is 17.4. The second-order valence-electron chi connectivity index (χ2n) is 8.30. The maximum absolute atomic E-state index is 10.5. The van der Waals surface area contributed by atoms with Gasteiger partial charge < -0.3 is 10.8 Å². The van der Waals surface area contributed by atoms with E-state index in [2.05, 4.69) is 55.5 Å². The van der Waals surface area contributed by atoms with E-state index < -0.39 is 14.2 Å². The van der Waals surface area contributed by atoms with Gasteiger partial charge in [0.15, 0.2) is 0 Å². The SMILES string of the molecule is CCCCCCCCc1ccc(-c2ccc(CCC(N)(CO)CO[PH+]=O)cc2)cc1. The Kier molecular flexibility index (Phi) is 11.2. The Balaban J connectivity index is 1.83. The lowest BCUT2D eigenvalue weighted by Gasteiger charge is -2.24. The molecule has 0 saturated carbocycles. The summed E-state index contributed by atoms with van der Waals surface area (Å²) in [6.07, 6.45) is 10.4. The van der Waals surface area contributed by atoms with Crippen LogP contribution in [0.3, 0.4) is 0 Å². The first kappa shape index (κ1) is 24.7. The minimum atomic E-state index is -0.859. The molecule has 0 saturated heterocycles. The van der Waals surface area contributed by atoms with Crippen molar-refractivity contribution >= 4 is 8.69 Å². The van der Waals surface area contributed by atoms with Crippen LogP contribution in [-0.2, 0) is 21.9 Å². The van der Waals surface area contributed by atoms with Crippen molar-refractivity contribution in [2.75, 3.05) is 13.2 Å². The summed E-state index contributed by atoms with van der Waals surface area (Å²) < 4.78 is 15.4. The van der Waals surface area contributed by atoms with Crippen LogP contribution in [0.15, 0.2) is 48.5 Å². The van der Waals surface area contributed by atoms with Crippen LogP contribution in [0.2, 0.25) is 0 Å². The fourth-order valence-electron chi connectivity index (χ4n) is 3.60. The molecule has 3 N–H and O–H groups in total. The summed E-state index contributed by atoms with van der Waals surface area (Å²) >= 11 is 0. The van der Waals surface area contributed by atoms with Gasteiger partial charge in [0.25, 0.3) is 0 Å². The van der Waals surface area contributed by atoms with E-state index in [-0.39, 0.29) is 13.2 Å². The van der Waals surface area contributed by atoms with Gasteiger partial charge in [-0.3, -0.25) is 0 Å². The molecule has 164 valence electrons. The predicted molar refractivity (Wildman–Crippen MR) is 126 cm³/mol. The Morgan fingerprint density at radius 1 is 0.867 bits per heavy atom. The Hall–Kier alpha value is -1.58. The highest BCUT2D eigenvalue weighted by molar-refractivity contribution is 7.17. The first-order valence-electron chi connectivity index (χ1n) is 11.2. The molecule has 2 rings (SSSR count). The molecule has 0 heterocycles. The Morgan fingerprint density at radius 2 is 1.40 bits per heavy atom. The summed E-state index contributed by atoms with van der Waals surface area (Å²) in [4.78, 5) is 0. The van der Waals surface area contributed by atoms with Gasteiger partial charge in [0.1, 0.15) is 6.61 Å². The molecular formula is C25H37NO3P+. The summed E-state index contributed by atoms with van der Waals surface area (Å²) in [6.45, 7) is 2.15. The summed E-state index contributed by atoms with van der Waals surface area (Å²) in [7, 11) is -0.856. The molecule has 2 atom stereocenters. The molecule has 0 bridgehead atoms. The van der Waals surface area contributed by atoms with Crippen LogP contribution in [0, 0.1) is 0 Å². The van der Waals surface area contributed by atoms with Crippen molar-refractivity contribution in [2.24, 2.45) is 5.73 Å². The standard InChI is InChI=1S/C25H37NO3P/c1-2-3-4-5-6-7-8-21-9-13-23(14-10-21)24-15-11-22(12-16-24)17-18-25(26,19-27)20-29-30-28/h9-16,27,30H,2-8,17-20,26H2,1H3/q+1. The number of nitrogens with two attached hydrogens (primary N) is 1. The van der Waals surface area contributed by atoms with Gasteiger partial charge >= 0.3 is 8.69 Å². The van der Waals surface area contributed by atoms with Crippen molar-refractivity contribution in [1.29, 1.82) is 0 Å². The van der Waals surface area contributed by atoms with Gasteiger partial charge in [0, 0.05) is 0 Å². The van der Waals surface area contributed by atoms with Crippen molar-refractivity contribution in [2.45, 2.75) is 70.3 Å². The fourth-order valence-corrected chi connectivity index (χ4v) is 3.95. The quantitative estimate of drug-likeness (QED) is 0.275. The maximum atomic E-state index is 10.5. The average Bonchev–Trinajstić information content (AvgIpc) is 2.79. The zero-order valence-electron chi connectivity index (χ0n) is 18.2. The van der Waals surface area contributed by atoms with Gasteiger partial charge in [-0.2, -0.15) is 0 Å². The first-order chi connectivity index (χ1) is 14.6. The largest absolute Gasteiger partial charge is 0.494 e.